The van der Waals surface area contributed by atoms with E-state index in [2.05, 4.69) is 25.2 Å². The lowest BCUT2D eigenvalue weighted by Gasteiger charge is -2.27. The van der Waals surface area contributed by atoms with Gasteiger partial charge in [-0.3, -0.25) is 0 Å². The Balaban J connectivity index is 2.04. The van der Waals surface area contributed by atoms with Gasteiger partial charge in [0.1, 0.15) is 5.75 Å². The molecule has 2 aromatic carbocycles. The van der Waals surface area contributed by atoms with E-state index in [1.165, 1.54) is 0 Å². The van der Waals surface area contributed by atoms with Crippen LogP contribution in [-0.4, -0.2) is 17.8 Å². The van der Waals surface area contributed by atoms with Crippen LogP contribution in [0.5, 0.6) is 5.75 Å². The first kappa shape index (κ1) is 17.6. The first-order valence-electron chi connectivity index (χ1n) is 8.37. The number of benzene rings is 2. The molecule has 0 bridgehead atoms. The third-order valence-electron chi connectivity index (χ3n) is 4.70. The van der Waals surface area contributed by atoms with Crippen molar-refractivity contribution in [2.24, 2.45) is 5.41 Å². The molecular formula is C20H22ClNO3. The van der Waals surface area contributed by atoms with Gasteiger partial charge in [-0.2, -0.15) is 0 Å². The molecule has 2 N–H and O–H groups in total. The highest BCUT2D eigenvalue weighted by atomic mass is 35.5. The molecule has 0 aromatic heterocycles. The van der Waals surface area contributed by atoms with Gasteiger partial charge < -0.3 is 15.2 Å². The fourth-order valence-corrected chi connectivity index (χ4v) is 3.80. The van der Waals surface area contributed by atoms with Crippen molar-refractivity contribution < 1.29 is 14.6 Å². The fourth-order valence-electron chi connectivity index (χ4n) is 3.63. The van der Waals surface area contributed by atoms with Gasteiger partial charge in [-0.25, -0.2) is 4.79 Å². The van der Waals surface area contributed by atoms with Crippen LogP contribution in [0.2, 0.25) is 5.02 Å². The van der Waals surface area contributed by atoms with Gasteiger partial charge in [0, 0.05) is 10.6 Å². The van der Waals surface area contributed by atoms with Crippen molar-refractivity contribution >= 4 is 17.7 Å². The topological polar surface area (TPSA) is 58.6 Å². The van der Waals surface area contributed by atoms with Crippen LogP contribution in [0.3, 0.4) is 0 Å². The van der Waals surface area contributed by atoms with Crippen molar-refractivity contribution in [1.82, 2.24) is 5.32 Å². The molecule has 5 heteroatoms. The van der Waals surface area contributed by atoms with Crippen molar-refractivity contribution in [3.05, 3.63) is 52.5 Å². The normalized spacial score (nSPS) is 17.8. The molecule has 0 heterocycles. The Bertz CT molecular complexity index is 817. The van der Waals surface area contributed by atoms with Gasteiger partial charge >= 0.3 is 6.09 Å². The highest BCUT2D eigenvalue weighted by Crippen LogP contribution is 2.46. The van der Waals surface area contributed by atoms with Gasteiger partial charge in [0.15, 0.2) is 0 Å². The highest BCUT2D eigenvalue weighted by Gasteiger charge is 2.40. The lowest BCUT2D eigenvalue weighted by molar-refractivity contribution is 0.175. The third kappa shape index (κ3) is 3.45. The number of ether oxygens (including phenoxy) is 1. The quantitative estimate of drug-likeness (QED) is 0.779. The zero-order chi connectivity index (χ0) is 18.2. The Morgan fingerprint density at radius 3 is 2.76 bits per heavy atom. The Hall–Kier alpha value is -2.20. The molecule has 0 radical (unpaired) electrons. The van der Waals surface area contributed by atoms with Crippen LogP contribution in [0, 0.1) is 5.41 Å². The van der Waals surface area contributed by atoms with E-state index in [4.69, 9.17) is 21.4 Å². The van der Waals surface area contributed by atoms with E-state index in [-0.39, 0.29) is 11.5 Å². The van der Waals surface area contributed by atoms with Crippen LogP contribution in [0.25, 0.3) is 11.1 Å². The minimum Gasteiger partial charge on any atom is -0.493 e. The smallest absolute Gasteiger partial charge is 0.405 e. The minimum absolute atomic E-state index is 0.170. The van der Waals surface area contributed by atoms with Gasteiger partial charge in [0.25, 0.3) is 0 Å². The summed E-state index contributed by atoms with van der Waals surface area (Å²) in [4.78, 5) is 11.2. The molecule has 1 unspecified atom stereocenters. The second-order valence-electron chi connectivity index (χ2n) is 7.03. The van der Waals surface area contributed by atoms with Crippen LogP contribution >= 0.6 is 11.6 Å². The molecular weight excluding hydrogens is 338 g/mol. The molecule has 1 atom stereocenters. The van der Waals surface area contributed by atoms with Gasteiger partial charge in [-0.15, -0.1) is 0 Å². The van der Waals surface area contributed by atoms with Crippen LogP contribution < -0.4 is 10.1 Å². The number of hydrogen-bond donors (Lipinski definition) is 2. The standard InChI is InChI=1S/C20H22ClNO3/c1-4-25-17-8-6-14(21)10-16(17)12-5-7-15-13(9-12)11-20(2,3)18(15)22-19(23)24/h5-10,18,22H,4,11H2,1-3H3,(H,23,24). The van der Waals surface area contributed by atoms with Crippen LogP contribution in [0.15, 0.2) is 36.4 Å². The monoisotopic (exact) mass is 359 g/mol. The molecule has 4 nitrogen and oxygen atoms in total. The van der Waals surface area contributed by atoms with Crippen LogP contribution in [-0.2, 0) is 6.42 Å². The molecule has 25 heavy (non-hydrogen) atoms. The summed E-state index contributed by atoms with van der Waals surface area (Å²) in [7, 11) is 0. The third-order valence-corrected chi connectivity index (χ3v) is 4.94. The van der Waals surface area contributed by atoms with Gasteiger partial charge in [0.05, 0.1) is 12.6 Å². The summed E-state index contributed by atoms with van der Waals surface area (Å²) in [6, 6.07) is 11.5. The Morgan fingerprint density at radius 2 is 2.08 bits per heavy atom. The SMILES string of the molecule is CCOc1ccc(Cl)cc1-c1ccc2c(c1)CC(C)(C)C2NC(=O)O. The molecule has 3 rings (SSSR count). The van der Waals surface area contributed by atoms with Gasteiger partial charge in [0.2, 0.25) is 0 Å². The number of carbonyl (C=O) groups is 1. The van der Waals surface area contributed by atoms with E-state index in [1.807, 2.05) is 37.3 Å². The molecule has 0 fully saturated rings. The predicted octanol–water partition coefficient (Wildman–Crippen LogP) is 5.30. The van der Waals surface area contributed by atoms with Crippen LogP contribution in [0.1, 0.15) is 37.9 Å². The van der Waals surface area contributed by atoms with Crippen molar-refractivity contribution in [3.63, 3.8) is 0 Å². The molecule has 0 aliphatic heterocycles. The first-order chi connectivity index (χ1) is 11.8. The van der Waals surface area contributed by atoms with Gasteiger partial charge in [-0.05, 0) is 53.6 Å². The summed E-state index contributed by atoms with van der Waals surface area (Å²) in [5.41, 5.74) is 4.00. The number of carboxylic acid groups (broad SMARTS) is 1. The summed E-state index contributed by atoms with van der Waals surface area (Å²) in [6.07, 6.45) is -0.186. The Kier molecular flexibility index (Phi) is 4.65. The fraction of sp³-hybridized carbons (Fsp3) is 0.350. The Morgan fingerprint density at radius 1 is 1.32 bits per heavy atom. The van der Waals surface area contributed by atoms with Crippen molar-refractivity contribution in [2.45, 2.75) is 33.2 Å². The number of rotatable bonds is 4. The maximum atomic E-state index is 11.2. The summed E-state index contributed by atoms with van der Waals surface area (Å²) < 4.78 is 5.73. The van der Waals surface area contributed by atoms with Crippen molar-refractivity contribution in [3.8, 4) is 16.9 Å². The summed E-state index contributed by atoms with van der Waals surface area (Å²) in [5.74, 6) is 0.796. The van der Waals surface area contributed by atoms with E-state index in [0.29, 0.717) is 11.6 Å². The molecule has 0 saturated heterocycles. The first-order valence-corrected chi connectivity index (χ1v) is 8.74. The van der Waals surface area contributed by atoms with E-state index >= 15 is 0 Å². The molecule has 0 saturated carbocycles. The predicted molar refractivity (Wildman–Crippen MR) is 99.4 cm³/mol. The molecule has 1 aliphatic carbocycles. The van der Waals surface area contributed by atoms with Crippen molar-refractivity contribution in [1.29, 1.82) is 0 Å². The number of hydrogen-bond acceptors (Lipinski definition) is 2. The van der Waals surface area contributed by atoms with Gasteiger partial charge in [-0.1, -0.05) is 43.6 Å². The number of halogens is 1. The van der Waals surface area contributed by atoms with E-state index in [9.17, 15) is 4.79 Å². The number of fused-ring (bicyclic) bond motifs is 1. The largest absolute Gasteiger partial charge is 0.493 e. The number of amides is 1. The molecule has 1 amide bonds. The van der Waals surface area contributed by atoms with E-state index < -0.39 is 6.09 Å². The Labute approximate surface area is 152 Å². The number of nitrogens with one attached hydrogen (secondary N) is 1. The minimum atomic E-state index is -0.997. The average molecular weight is 360 g/mol. The lowest BCUT2D eigenvalue weighted by Crippen LogP contribution is -2.34. The van der Waals surface area contributed by atoms with Crippen molar-refractivity contribution in [2.75, 3.05) is 6.61 Å². The molecule has 0 spiro atoms. The summed E-state index contributed by atoms with van der Waals surface area (Å²) >= 11 is 6.18. The molecule has 2 aromatic rings. The van der Waals surface area contributed by atoms with E-state index in [0.717, 1.165) is 34.4 Å². The second-order valence-corrected chi connectivity index (χ2v) is 7.47. The zero-order valence-corrected chi connectivity index (χ0v) is 15.4. The highest BCUT2D eigenvalue weighted by molar-refractivity contribution is 6.31. The summed E-state index contributed by atoms with van der Waals surface area (Å²) in [6.45, 7) is 6.69. The molecule has 1 aliphatic rings. The summed E-state index contributed by atoms with van der Waals surface area (Å²) in [5, 5.41) is 12.5. The second kappa shape index (κ2) is 6.60. The van der Waals surface area contributed by atoms with E-state index in [1.54, 1.807) is 0 Å². The van der Waals surface area contributed by atoms with Crippen LogP contribution in [0.4, 0.5) is 4.79 Å². The zero-order valence-electron chi connectivity index (χ0n) is 14.6. The average Bonchev–Trinajstić information content (AvgIpc) is 2.78. The maximum absolute atomic E-state index is 11.2. The maximum Gasteiger partial charge on any atom is 0.405 e. The molecule has 132 valence electrons. The lowest BCUT2D eigenvalue weighted by atomic mass is 9.85.